The minimum Gasteiger partial charge on any atom is -0.465 e. The van der Waals surface area contributed by atoms with Crippen LogP contribution < -0.4 is 4.31 Å². The quantitative estimate of drug-likeness (QED) is 0.778. The Hall–Kier alpha value is -1.34. The van der Waals surface area contributed by atoms with Crippen molar-refractivity contribution in [3.63, 3.8) is 0 Å². The fourth-order valence-electron chi connectivity index (χ4n) is 1.36. The van der Waals surface area contributed by atoms with Crippen molar-refractivity contribution in [1.82, 2.24) is 0 Å². The number of esters is 1. The van der Waals surface area contributed by atoms with Gasteiger partial charge in [0.1, 0.15) is 12.4 Å². The number of carbonyl (C=O) groups excluding carboxylic acids is 1. The summed E-state index contributed by atoms with van der Waals surface area (Å²) in [5.74, 6) is -1.37. The molecule has 0 unspecified atom stereocenters. The maximum atomic E-state index is 13.1. The number of ether oxygens (including phenoxy) is 1. The van der Waals surface area contributed by atoms with Crippen LogP contribution in [0.25, 0.3) is 0 Å². The van der Waals surface area contributed by atoms with Gasteiger partial charge in [0.25, 0.3) is 0 Å². The Kier molecular flexibility index (Phi) is 5.13. The summed E-state index contributed by atoms with van der Waals surface area (Å²) in [7, 11) is -3.71. The van der Waals surface area contributed by atoms with Gasteiger partial charge in [-0.2, -0.15) is 0 Å². The van der Waals surface area contributed by atoms with E-state index in [1.54, 1.807) is 6.92 Å². The number of carbonyl (C=O) groups is 1. The largest absolute Gasteiger partial charge is 0.465 e. The summed E-state index contributed by atoms with van der Waals surface area (Å²) in [4.78, 5) is 11.4. The summed E-state index contributed by atoms with van der Waals surface area (Å²) >= 11 is 5.59. The molecule has 0 aliphatic rings. The van der Waals surface area contributed by atoms with Crippen molar-refractivity contribution in [1.29, 1.82) is 0 Å². The van der Waals surface area contributed by atoms with Gasteiger partial charge in [0.15, 0.2) is 0 Å². The van der Waals surface area contributed by atoms with E-state index in [-0.39, 0.29) is 17.3 Å². The van der Waals surface area contributed by atoms with E-state index in [1.165, 1.54) is 6.07 Å². The molecule has 0 amide bonds. The summed E-state index contributed by atoms with van der Waals surface area (Å²) in [5.41, 5.74) is 0.0990. The Morgan fingerprint density at radius 3 is 2.58 bits per heavy atom. The smallest absolute Gasteiger partial charge is 0.326 e. The molecule has 0 N–H and O–H groups in total. The second-order valence-corrected chi connectivity index (χ2v) is 5.99. The molecule has 0 heterocycles. The summed E-state index contributed by atoms with van der Waals surface area (Å²) in [6.07, 6.45) is 0.934. The van der Waals surface area contributed by atoms with E-state index in [4.69, 9.17) is 16.3 Å². The van der Waals surface area contributed by atoms with Gasteiger partial charge in [-0.15, -0.1) is 0 Å². The Morgan fingerprint density at radius 1 is 1.47 bits per heavy atom. The van der Waals surface area contributed by atoms with E-state index in [9.17, 15) is 17.6 Å². The van der Waals surface area contributed by atoms with Crippen LogP contribution in [-0.4, -0.2) is 33.8 Å². The van der Waals surface area contributed by atoms with Crippen LogP contribution in [0.2, 0.25) is 5.02 Å². The third kappa shape index (κ3) is 4.36. The lowest BCUT2D eigenvalue weighted by molar-refractivity contribution is -0.141. The zero-order valence-electron chi connectivity index (χ0n) is 10.4. The molecule has 0 aromatic heterocycles. The average molecular weight is 310 g/mol. The van der Waals surface area contributed by atoms with Crippen molar-refractivity contribution in [2.45, 2.75) is 6.92 Å². The van der Waals surface area contributed by atoms with Crippen LogP contribution in [0.1, 0.15) is 6.92 Å². The molecule has 0 atom stereocenters. The lowest BCUT2D eigenvalue weighted by atomic mass is 10.3. The van der Waals surface area contributed by atoms with Gasteiger partial charge in [0.2, 0.25) is 10.0 Å². The minimum absolute atomic E-state index is 0.0990. The SMILES string of the molecule is CCOC(=O)CN(c1ccc(F)c(Cl)c1)S(C)(=O)=O. The Balaban J connectivity index is 3.10. The normalized spacial score (nSPS) is 11.2. The zero-order chi connectivity index (χ0) is 14.6. The minimum atomic E-state index is -3.71. The van der Waals surface area contributed by atoms with Gasteiger partial charge in [0.05, 0.1) is 23.6 Å². The van der Waals surface area contributed by atoms with Crippen LogP contribution in [0, 0.1) is 5.82 Å². The fraction of sp³-hybridized carbons (Fsp3) is 0.364. The van der Waals surface area contributed by atoms with Crippen LogP contribution in [0.15, 0.2) is 18.2 Å². The molecule has 0 aliphatic heterocycles. The number of hydrogen-bond acceptors (Lipinski definition) is 4. The molecule has 1 aromatic rings. The molecule has 5 nitrogen and oxygen atoms in total. The molecule has 106 valence electrons. The van der Waals surface area contributed by atoms with E-state index in [1.807, 2.05) is 0 Å². The number of nitrogens with zero attached hydrogens (tertiary/aromatic N) is 1. The van der Waals surface area contributed by atoms with Crippen LogP contribution in [0.3, 0.4) is 0 Å². The predicted octanol–water partition coefficient (Wildman–Crippen LogP) is 1.81. The third-order valence-electron chi connectivity index (χ3n) is 2.17. The van der Waals surface area contributed by atoms with Gasteiger partial charge < -0.3 is 4.74 Å². The first-order valence-electron chi connectivity index (χ1n) is 5.34. The number of rotatable bonds is 5. The summed E-state index contributed by atoms with van der Waals surface area (Å²) in [6, 6.07) is 3.39. The van der Waals surface area contributed by atoms with Gasteiger partial charge in [-0.05, 0) is 25.1 Å². The number of benzene rings is 1. The summed E-state index contributed by atoms with van der Waals surface area (Å²) in [5, 5.41) is -0.227. The highest BCUT2D eigenvalue weighted by molar-refractivity contribution is 7.92. The average Bonchev–Trinajstić information content (AvgIpc) is 2.29. The van der Waals surface area contributed by atoms with Crippen LogP contribution in [0.4, 0.5) is 10.1 Å². The molecule has 0 aliphatic carbocycles. The molecule has 0 bridgehead atoms. The topological polar surface area (TPSA) is 63.7 Å². The standard InChI is InChI=1S/C11H13ClFNO4S/c1-3-18-11(15)7-14(19(2,16)17)8-4-5-10(13)9(12)6-8/h4-6H,3,7H2,1-2H3. The zero-order valence-corrected chi connectivity index (χ0v) is 12.0. The first-order valence-corrected chi connectivity index (χ1v) is 7.56. The molecular formula is C11H13ClFNO4S. The van der Waals surface area contributed by atoms with Gasteiger partial charge >= 0.3 is 5.97 Å². The van der Waals surface area contributed by atoms with Gasteiger partial charge in [-0.1, -0.05) is 11.6 Å². The van der Waals surface area contributed by atoms with E-state index < -0.39 is 28.4 Å². The van der Waals surface area contributed by atoms with Crippen molar-refractivity contribution in [2.24, 2.45) is 0 Å². The molecule has 0 saturated heterocycles. The fourth-order valence-corrected chi connectivity index (χ4v) is 2.38. The van der Waals surface area contributed by atoms with E-state index >= 15 is 0 Å². The van der Waals surface area contributed by atoms with Gasteiger partial charge in [-0.3, -0.25) is 9.10 Å². The van der Waals surface area contributed by atoms with Crippen molar-refractivity contribution in [3.8, 4) is 0 Å². The number of anilines is 1. The highest BCUT2D eigenvalue weighted by Crippen LogP contribution is 2.24. The molecule has 0 saturated carbocycles. The second kappa shape index (κ2) is 6.21. The van der Waals surface area contributed by atoms with Crippen LogP contribution >= 0.6 is 11.6 Å². The monoisotopic (exact) mass is 309 g/mol. The summed E-state index contributed by atoms with van der Waals surface area (Å²) in [6.45, 7) is 1.26. The number of halogens is 2. The number of sulfonamides is 1. The Morgan fingerprint density at radius 2 is 2.11 bits per heavy atom. The van der Waals surface area contributed by atoms with Crippen molar-refractivity contribution < 1.29 is 22.3 Å². The molecule has 1 aromatic carbocycles. The molecule has 0 fully saturated rings. The molecule has 1 rings (SSSR count). The number of hydrogen-bond donors (Lipinski definition) is 0. The highest BCUT2D eigenvalue weighted by Gasteiger charge is 2.22. The van der Waals surface area contributed by atoms with Crippen molar-refractivity contribution >= 4 is 33.3 Å². The molecule has 0 radical (unpaired) electrons. The van der Waals surface area contributed by atoms with Crippen LogP contribution in [0.5, 0.6) is 0 Å². The maximum absolute atomic E-state index is 13.1. The van der Waals surface area contributed by atoms with E-state index in [0.717, 1.165) is 22.7 Å². The maximum Gasteiger partial charge on any atom is 0.326 e. The highest BCUT2D eigenvalue weighted by atomic mass is 35.5. The third-order valence-corrected chi connectivity index (χ3v) is 3.60. The molecule has 19 heavy (non-hydrogen) atoms. The molecule has 0 spiro atoms. The van der Waals surface area contributed by atoms with Crippen molar-refractivity contribution in [3.05, 3.63) is 29.0 Å². The second-order valence-electron chi connectivity index (χ2n) is 3.67. The Bertz CT molecular complexity index is 576. The van der Waals surface area contributed by atoms with Crippen LogP contribution in [-0.2, 0) is 19.6 Å². The Labute approximate surface area is 116 Å². The van der Waals surface area contributed by atoms with E-state index in [2.05, 4.69) is 0 Å². The van der Waals surface area contributed by atoms with Crippen molar-refractivity contribution in [2.75, 3.05) is 23.7 Å². The lowest BCUT2D eigenvalue weighted by Crippen LogP contribution is -2.35. The first kappa shape index (κ1) is 15.7. The predicted molar refractivity (Wildman–Crippen MR) is 70.2 cm³/mol. The van der Waals surface area contributed by atoms with Gasteiger partial charge in [-0.25, -0.2) is 12.8 Å². The molecular weight excluding hydrogens is 297 g/mol. The van der Waals surface area contributed by atoms with E-state index in [0.29, 0.717) is 0 Å². The summed E-state index contributed by atoms with van der Waals surface area (Å²) < 4.78 is 41.8. The molecule has 8 heteroatoms. The lowest BCUT2D eigenvalue weighted by Gasteiger charge is -2.21. The first-order chi connectivity index (χ1) is 8.75. The van der Waals surface area contributed by atoms with Gasteiger partial charge in [0, 0.05) is 0 Å².